The molecule has 0 aromatic heterocycles. The lowest BCUT2D eigenvalue weighted by Gasteiger charge is -2.33. The van der Waals surface area contributed by atoms with Crippen molar-refractivity contribution in [2.24, 2.45) is 5.92 Å². The van der Waals surface area contributed by atoms with Crippen molar-refractivity contribution in [3.05, 3.63) is 23.8 Å². The number of hydrogen-bond acceptors (Lipinski definition) is 4. The van der Waals surface area contributed by atoms with Crippen LogP contribution in [0.25, 0.3) is 0 Å². The second-order valence-electron chi connectivity index (χ2n) is 6.53. The lowest BCUT2D eigenvalue weighted by Crippen LogP contribution is -2.36. The molecular formula is C20H31O4P. The number of ether oxygens (including phenoxy) is 2. The van der Waals surface area contributed by atoms with Gasteiger partial charge in [-0.25, -0.2) is 0 Å². The predicted octanol–water partition coefficient (Wildman–Crippen LogP) is 5.93. The van der Waals surface area contributed by atoms with E-state index in [-0.39, 0.29) is 20.2 Å². The molecule has 1 unspecified atom stereocenters. The van der Waals surface area contributed by atoms with E-state index in [1.54, 1.807) is 32.4 Å². The molecule has 0 aliphatic heterocycles. The summed E-state index contributed by atoms with van der Waals surface area (Å²) in [6.45, 7) is 6.12. The molecular weight excluding hydrogens is 335 g/mol. The Labute approximate surface area is 153 Å². The standard InChI is InChI=1S/C20H31O4P/c1-6-8-13-20(25-22,14-9-7-2)15(3)19(21)18-16(23-4)11-10-12-17(18)24-5/h10-12,15H,6-9,13-14H2,1-5H3. The minimum atomic E-state index is -0.533. The fourth-order valence-corrected chi connectivity index (χ4v) is 4.02. The Morgan fingerprint density at radius 3 is 1.92 bits per heavy atom. The zero-order valence-electron chi connectivity index (χ0n) is 16.1. The number of carbonyl (C=O) groups is 1. The predicted molar refractivity (Wildman–Crippen MR) is 102 cm³/mol. The second-order valence-corrected chi connectivity index (χ2v) is 7.60. The second kappa shape index (κ2) is 10.6. The van der Waals surface area contributed by atoms with Crippen LogP contribution in [-0.2, 0) is 4.57 Å². The SMILES string of the molecule is CCCCC(CCCC)(P=O)C(C)C(=O)c1c(OC)cccc1OC. The minimum Gasteiger partial charge on any atom is -0.496 e. The Kier molecular flexibility index (Phi) is 9.13. The summed E-state index contributed by atoms with van der Waals surface area (Å²) >= 11 is 0. The van der Waals surface area contributed by atoms with E-state index in [9.17, 15) is 9.36 Å². The van der Waals surface area contributed by atoms with Crippen molar-refractivity contribution in [3.63, 3.8) is 0 Å². The quantitative estimate of drug-likeness (QED) is 0.340. The number of carbonyl (C=O) groups excluding carboxylic acids is 1. The van der Waals surface area contributed by atoms with E-state index in [0.29, 0.717) is 17.1 Å². The number of methoxy groups -OCH3 is 2. The average Bonchev–Trinajstić information content (AvgIpc) is 2.66. The molecule has 0 saturated carbocycles. The van der Waals surface area contributed by atoms with E-state index in [4.69, 9.17) is 9.47 Å². The van der Waals surface area contributed by atoms with Gasteiger partial charge in [-0.05, 0) is 25.0 Å². The van der Waals surface area contributed by atoms with Gasteiger partial charge < -0.3 is 9.47 Å². The summed E-state index contributed by atoms with van der Waals surface area (Å²) in [6.07, 6.45) is 5.50. The Hall–Kier alpha value is -1.41. The smallest absolute Gasteiger partial charge is 0.174 e. The first-order chi connectivity index (χ1) is 12.0. The Bertz CT molecular complexity index is 541. The average molecular weight is 366 g/mol. The van der Waals surface area contributed by atoms with E-state index in [0.717, 1.165) is 38.5 Å². The highest BCUT2D eigenvalue weighted by Gasteiger charge is 2.41. The third-order valence-electron chi connectivity index (χ3n) is 4.98. The molecule has 0 aliphatic carbocycles. The molecule has 0 fully saturated rings. The number of Topliss-reactive ketones (excluding diaryl/α,β-unsaturated/α-hetero) is 1. The molecule has 140 valence electrons. The van der Waals surface area contributed by atoms with Crippen LogP contribution in [0.15, 0.2) is 18.2 Å². The van der Waals surface area contributed by atoms with Crippen molar-refractivity contribution < 1.29 is 18.8 Å². The molecule has 0 bridgehead atoms. The molecule has 0 spiro atoms. The van der Waals surface area contributed by atoms with Gasteiger partial charge in [-0.2, -0.15) is 0 Å². The summed E-state index contributed by atoms with van der Waals surface area (Å²) in [5.41, 5.74) is 0.445. The van der Waals surface area contributed by atoms with Gasteiger partial charge in [0.05, 0.1) is 19.4 Å². The third-order valence-corrected chi connectivity index (χ3v) is 6.18. The van der Waals surface area contributed by atoms with Gasteiger partial charge in [-0.3, -0.25) is 9.36 Å². The van der Waals surface area contributed by atoms with Gasteiger partial charge in [0, 0.05) is 5.92 Å². The molecule has 0 aliphatic rings. The maximum absolute atomic E-state index is 13.3. The van der Waals surface area contributed by atoms with Crippen molar-refractivity contribution in [2.75, 3.05) is 14.2 Å². The zero-order chi connectivity index (χ0) is 18.9. The largest absolute Gasteiger partial charge is 0.496 e. The first-order valence-corrected chi connectivity index (χ1v) is 9.92. The topological polar surface area (TPSA) is 52.6 Å². The number of ketones is 1. The van der Waals surface area contributed by atoms with Crippen LogP contribution in [0.2, 0.25) is 0 Å². The summed E-state index contributed by atoms with van der Waals surface area (Å²) in [5, 5.41) is -0.533. The lowest BCUT2D eigenvalue weighted by atomic mass is 9.79. The highest BCUT2D eigenvalue weighted by atomic mass is 31.1. The fourth-order valence-electron chi connectivity index (χ4n) is 3.25. The minimum absolute atomic E-state index is 0.0511. The van der Waals surface area contributed by atoms with Gasteiger partial charge in [0.2, 0.25) is 0 Å². The lowest BCUT2D eigenvalue weighted by molar-refractivity contribution is 0.0883. The van der Waals surface area contributed by atoms with Crippen LogP contribution in [0, 0.1) is 5.92 Å². The van der Waals surface area contributed by atoms with Crippen LogP contribution >= 0.6 is 8.46 Å². The van der Waals surface area contributed by atoms with Crippen LogP contribution in [0.4, 0.5) is 0 Å². The molecule has 1 aromatic rings. The summed E-state index contributed by atoms with van der Waals surface area (Å²) in [7, 11) is 3.14. The van der Waals surface area contributed by atoms with Crippen LogP contribution < -0.4 is 9.47 Å². The van der Waals surface area contributed by atoms with E-state index in [1.807, 2.05) is 6.92 Å². The van der Waals surface area contributed by atoms with Crippen molar-refractivity contribution in [1.29, 1.82) is 0 Å². The van der Waals surface area contributed by atoms with Gasteiger partial charge in [-0.15, -0.1) is 0 Å². The highest BCUT2D eigenvalue weighted by molar-refractivity contribution is 7.26. The summed E-state index contributed by atoms with van der Waals surface area (Å²) in [5.74, 6) is 0.553. The molecule has 0 radical (unpaired) electrons. The Morgan fingerprint density at radius 2 is 1.56 bits per heavy atom. The van der Waals surface area contributed by atoms with E-state index < -0.39 is 5.16 Å². The maximum Gasteiger partial charge on any atom is 0.174 e. The molecule has 0 heterocycles. The molecule has 25 heavy (non-hydrogen) atoms. The van der Waals surface area contributed by atoms with Crippen LogP contribution in [0.1, 0.15) is 69.7 Å². The van der Waals surface area contributed by atoms with E-state index >= 15 is 0 Å². The molecule has 1 aromatic carbocycles. The highest BCUT2D eigenvalue weighted by Crippen LogP contribution is 2.44. The van der Waals surface area contributed by atoms with Gasteiger partial charge in [0.15, 0.2) is 14.2 Å². The van der Waals surface area contributed by atoms with Crippen molar-refractivity contribution in [2.45, 2.75) is 64.5 Å². The van der Waals surface area contributed by atoms with Crippen LogP contribution in [0.5, 0.6) is 11.5 Å². The number of hydrogen-bond donors (Lipinski definition) is 0. The maximum atomic E-state index is 13.3. The van der Waals surface area contributed by atoms with Gasteiger partial charge in [0.25, 0.3) is 0 Å². The van der Waals surface area contributed by atoms with Gasteiger partial charge in [0.1, 0.15) is 17.1 Å². The molecule has 0 N–H and O–H groups in total. The molecule has 0 saturated heterocycles. The molecule has 4 nitrogen and oxygen atoms in total. The fraction of sp³-hybridized carbons (Fsp3) is 0.650. The van der Waals surface area contributed by atoms with Crippen molar-refractivity contribution in [3.8, 4) is 11.5 Å². The Morgan fingerprint density at radius 1 is 1.08 bits per heavy atom. The van der Waals surface area contributed by atoms with Gasteiger partial charge >= 0.3 is 0 Å². The molecule has 0 amide bonds. The monoisotopic (exact) mass is 366 g/mol. The third kappa shape index (κ3) is 5.04. The zero-order valence-corrected chi connectivity index (χ0v) is 17.0. The molecule has 1 atom stereocenters. The Balaban J connectivity index is 3.30. The van der Waals surface area contributed by atoms with E-state index in [2.05, 4.69) is 13.8 Å². The summed E-state index contributed by atoms with van der Waals surface area (Å²) < 4.78 is 23.0. The van der Waals surface area contributed by atoms with Gasteiger partial charge in [-0.1, -0.05) is 52.5 Å². The number of benzene rings is 1. The number of rotatable bonds is 12. The van der Waals surface area contributed by atoms with Crippen molar-refractivity contribution >= 4 is 14.2 Å². The van der Waals surface area contributed by atoms with Crippen molar-refractivity contribution in [1.82, 2.24) is 0 Å². The first kappa shape index (κ1) is 21.6. The van der Waals surface area contributed by atoms with Crippen LogP contribution in [0.3, 0.4) is 0 Å². The summed E-state index contributed by atoms with van der Waals surface area (Å²) in [4.78, 5) is 13.3. The van der Waals surface area contributed by atoms with E-state index in [1.165, 1.54) is 0 Å². The molecule has 5 heteroatoms. The number of unbranched alkanes of at least 4 members (excludes halogenated alkanes) is 2. The molecule has 1 rings (SSSR count). The first-order valence-electron chi connectivity index (χ1n) is 9.11. The summed E-state index contributed by atoms with van der Waals surface area (Å²) in [6, 6.07) is 5.32. The van der Waals surface area contributed by atoms with Crippen LogP contribution in [-0.4, -0.2) is 25.2 Å². The normalized spacial score (nSPS) is 12.8.